The number of thiazole rings is 1. The smallest absolute Gasteiger partial charge is 0.243 e. The van der Waals surface area contributed by atoms with E-state index < -0.39 is 10.0 Å². The van der Waals surface area contributed by atoms with Gasteiger partial charge in [0.1, 0.15) is 5.75 Å². The summed E-state index contributed by atoms with van der Waals surface area (Å²) in [4.78, 5) is 24.7. The Balaban J connectivity index is 1.37. The molecule has 0 saturated carbocycles. The predicted molar refractivity (Wildman–Crippen MR) is 145 cm³/mol. The zero-order valence-corrected chi connectivity index (χ0v) is 22.5. The third-order valence-corrected chi connectivity index (χ3v) is 9.62. The second-order valence-corrected chi connectivity index (χ2v) is 12.1. The number of halogens is 1. The number of amides is 1. The highest BCUT2D eigenvalue weighted by molar-refractivity contribution is 7.89. The maximum atomic E-state index is 13.8. The summed E-state index contributed by atoms with van der Waals surface area (Å²) in [5.74, 6) is 0.303. The van der Waals surface area contributed by atoms with Gasteiger partial charge in [-0.3, -0.25) is 14.7 Å². The molecule has 0 radical (unpaired) electrons. The van der Waals surface area contributed by atoms with Gasteiger partial charge in [0.2, 0.25) is 15.9 Å². The first-order valence-electron chi connectivity index (χ1n) is 11.8. The first-order valence-corrected chi connectivity index (χ1v) is 14.4. The molecule has 1 aliphatic rings. The summed E-state index contributed by atoms with van der Waals surface area (Å²) < 4.78 is 33.9. The second kappa shape index (κ2) is 10.7. The number of fused-ring (bicyclic) bond motifs is 1. The van der Waals surface area contributed by atoms with E-state index in [2.05, 4.69) is 4.98 Å². The van der Waals surface area contributed by atoms with E-state index in [0.29, 0.717) is 35.3 Å². The summed E-state index contributed by atoms with van der Waals surface area (Å²) in [7, 11) is -2.05. The summed E-state index contributed by atoms with van der Waals surface area (Å²) in [5, 5.41) is 1.07. The molecule has 11 heteroatoms. The van der Waals surface area contributed by atoms with E-state index in [1.165, 1.54) is 27.8 Å². The van der Waals surface area contributed by atoms with E-state index in [-0.39, 0.29) is 29.8 Å². The van der Waals surface area contributed by atoms with Crippen molar-refractivity contribution in [1.29, 1.82) is 0 Å². The van der Waals surface area contributed by atoms with Crippen LogP contribution in [0.1, 0.15) is 18.4 Å². The lowest BCUT2D eigenvalue weighted by atomic mass is 9.96. The van der Waals surface area contributed by atoms with Crippen molar-refractivity contribution in [3.63, 3.8) is 0 Å². The van der Waals surface area contributed by atoms with E-state index in [9.17, 15) is 13.2 Å². The maximum absolute atomic E-state index is 13.8. The number of nitrogens with zero attached hydrogens (tertiary/aromatic N) is 4. The van der Waals surface area contributed by atoms with E-state index in [1.54, 1.807) is 36.5 Å². The van der Waals surface area contributed by atoms with Crippen molar-refractivity contribution in [1.82, 2.24) is 14.3 Å². The molecule has 0 N–H and O–H groups in total. The van der Waals surface area contributed by atoms with E-state index in [1.807, 2.05) is 30.3 Å². The molecule has 0 bridgehead atoms. The van der Waals surface area contributed by atoms with Gasteiger partial charge in [0.05, 0.1) is 28.8 Å². The van der Waals surface area contributed by atoms with Gasteiger partial charge in [0, 0.05) is 42.5 Å². The lowest BCUT2D eigenvalue weighted by molar-refractivity contribution is -0.123. The highest BCUT2D eigenvalue weighted by Gasteiger charge is 2.35. The fourth-order valence-electron chi connectivity index (χ4n) is 4.37. The van der Waals surface area contributed by atoms with Gasteiger partial charge in [0.15, 0.2) is 5.13 Å². The Morgan fingerprint density at radius 2 is 1.92 bits per heavy atom. The number of benzene rings is 2. The lowest BCUT2D eigenvalue weighted by Crippen LogP contribution is -2.44. The third kappa shape index (κ3) is 5.47. The quantitative estimate of drug-likeness (QED) is 0.318. The van der Waals surface area contributed by atoms with Gasteiger partial charge in [-0.1, -0.05) is 29.0 Å². The minimum absolute atomic E-state index is 0.0709. The average Bonchev–Trinajstić information content (AvgIpc) is 3.35. The van der Waals surface area contributed by atoms with Crippen molar-refractivity contribution in [2.75, 3.05) is 25.1 Å². The molecule has 0 spiro atoms. The normalized spacial score (nSPS) is 15.1. The van der Waals surface area contributed by atoms with Gasteiger partial charge >= 0.3 is 0 Å². The summed E-state index contributed by atoms with van der Waals surface area (Å²) in [6.45, 7) is 0.852. The number of ether oxygens (including phenoxy) is 1. The van der Waals surface area contributed by atoms with Gasteiger partial charge in [-0.25, -0.2) is 13.4 Å². The van der Waals surface area contributed by atoms with Crippen LogP contribution in [0.4, 0.5) is 5.13 Å². The minimum atomic E-state index is -3.65. The van der Waals surface area contributed by atoms with E-state index >= 15 is 0 Å². The van der Waals surface area contributed by atoms with Crippen molar-refractivity contribution in [3.8, 4) is 5.75 Å². The molecule has 2 aromatic heterocycles. The largest absolute Gasteiger partial charge is 0.497 e. The molecule has 5 rings (SSSR count). The highest BCUT2D eigenvalue weighted by atomic mass is 35.5. The molecular weight excluding hydrogens is 532 g/mol. The van der Waals surface area contributed by atoms with Crippen molar-refractivity contribution >= 4 is 54.2 Å². The van der Waals surface area contributed by atoms with Gasteiger partial charge in [0.25, 0.3) is 0 Å². The van der Waals surface area contributed by atoms with Gasteiger partial charge in [-0.2, -0.15) is 4.31 Å². The van der Waals surface area contributed by atoms with Crippen LogP contribution in [0.15, 0.2) is 71.9 Å². The van der Waals surface area contributed by atoms with Gasteiger partial charge < -0.3 is 4.74 Å². The number of sulfonamides is 1. The number of rotatable bonds is 7. The van der Waals surface area contributed by atoms with Gasteiger partial charge in [-0.15, -0.1) is 0 Å². The topological polar surface area (TPSA) is 92.7 Å². The molecule has 192 valence electrons. The van der Waals surface area contributed by atoms with Crippen LogP contribution >= 0.6 is 22.9 Å². The number of hydrogen-bond donors (Lipinski definition) is 0. The summed E-state index contributed by atoms with van der Waals surface area (Å²) in [6, 6.07) is 15.5. The first kappa shape index (κ1) is 25.6. The van der Waals surface area contributed by atoms with Crippen molar-refractivity contribution in [2.24, 2.45) is 5.92 Å². The summed E-state index contributed by atoms with van der Waals surface area (Å²) in [5.41, 5.74) is 1.64. The Morgan fingerprint density at radius 3 is 2.59 bits per heavy atom. The molecule has 8 nitrogen and oxygen atoms in total. The van der Waals surface area contributed by atoms with Crippen molar-refractivity contribution < 1.29 is 17.9 Å². The summed E-state index contributed by atoms with van der Waals surface area (Å²) in [6.07, 6.45) is 4.27. The monoisotopic (exact) mass is 556 g/mol. The minimum Gasteiger partial charge on any atom is -0.497 e. The molecule has 3 heterocycles. The van der Waals surface area contributed by atoms with Crippen LogP contribution in [-0.4, -0.2) is 48.8 Å². The fraction of sp³-hybridized carbons (Fsp3) is 0.269. The number of hydrogen-bond acceptors (Lipinski definition) is 7. The zero-order chi connectivity index (χ0) is 26.0. The maximum Gasteiger partial charge on any atom is 0.243 e. The lowest BCUT2D eigenvalue weighted by Gasteiger charge is -2.33. The van der Waals surface area contributed by atoms with Crippen LogP contribution in [0.2, 0.25) is 5.02 Å². The molecule has 2 aromatic carbocycles. The Morgan fingerprint density at radius 1 is 1.16 bits per heavy atom. The van der Waals surface area contributed by atoms with E-state index in [4.69, 9.17) is 21.3 Å². The van der Waals surface area contributed by atoms with Crippen LogP contribution in [-0.2, 0) is 21.4 Å². The standard InChI is InChI=1S/C26H25ClN4O4S2/c1-35-21-6-9-24-23(15-21)29-26(36-24)31(17-18-3-2-12-28-16-18)25(32)19-10-13-30(14-11-19)37(33,34)22-7-4-20(27)5-8-22/h2-9,12,15-16,19H,10-11,13-14,17H2,1H3. The van der Waals surface area contributed by atoms with Gasteiger partial charge in [-0.05, 0) is 60.9 Å². The molecule has 4 aromatic rings. The molecule has 0 atom stereocenters. The van der Waals surface area contributed by atoms with Crippen LogP contribution in [0, 0.1) is 5.92 Å². The number of piperidine rings is 1. The molecule has 0 unspecified atom stereocenters. The van der Waals surface area contributed by atoms with E-state index in [0.717, 1.165) is 15.8 Å². The summed E-state index contributed by atoms with van der Waals surface area (Å²) >= 11 is 7.36. The zero-order valence-electron chi connectivity index (χ0n) is 20.1. The number of carbonyl (C=O) groups excluding carboxylic acids is 1. The Labute approximate surface area is 224 Å². The number of anilines is 1. The van der Waals surface area contributed by atoms with Crippen LogP contribution in [0.3, 0.4) is 0 Å². The first-order chi connectivity index (χ1) is 17.8. The Bertz CT molecular complexity index is 1500. The fourth-order valence-corrected chi connectivity index (χ4v) is 6.92. The molecule has 1 amide bonds. The Kier molecular flexibility index (Phi) is 7.43. The van der Waals surface area contributed by atoms with Crippen LogP contribution in [0.25, 0.3) is 10.2 Å². The highest BCUT2D eigenvalue weighted by Crippen LogP contribution is 2.34. The second-order valence-electron chi connectivity index (χ2n) is 8.75. The van der Waals surface area contributed by atoms with Crippen molar-refractivity contribution in [3.05, 3.63) is 77.6 Å². The molecule has 1 aliphatic heterocycles. The SMILES string of the molecule is COc1ccc2sc(N(Cc3cccnc3)C(=O)C3CCN(S(=O)(=O)c4ccc(Cl)cc4)CC3)nc2c1. The Hall–Kier alpha value is -3.05. The molecular formula is C26H25ClN4O4S2. The number of carbonyl (C=O) groups is 1. The molecule has 1 fully saturated rings. The third-order valence-electron chi connectivity index (χ3n) is 6.40. The van der Waals surface area contributed by atoms with Crippen LogP contribution in [0.5, 0.6) is 5.75 Å². The van der Waals surface area contributed by atoms with Crippen LogP contribution < -0.4 is 9.64 Å². The van der Waals surface area contributed by atoms with Crippen molar-refractivity contribution in [2.45, 2.75) is 24.3 Å². The number of pyridine rings is 1. The molecule has 0 aliphatic carbocycles. The molecule has 37 heavy (non-hydrogen) atoms. The molecule has 1 saturated heterocycles. The average molecular weight is 557 g/mol. The predicted octanol–water partition coefficient (Wildman–Crippen LogP) is 4.99. The number of aromatic nitrogens is 2. The number of methoxy groups -OCH3 is 1.